The summed E-state index contributed by atoms with van der Waals surface area (Å²) in [6, 6.07) is 1.84. The van der Waals surface area contributed by atoms with Crippen LogP contribution >= 0.6 is 22.9 Å². The first kappa shape index (κ1) is 17.9. The highest BCUT2D eigenvalue weighted by Crippen LogP contribution is 2.31. The minimum atomic E-state index is -4.63. The first-order valence-corrected chi connectivity index (χ1v) is 8.28. The van der Waals surface area contributed by atoms with Gasteiger partial charge >= 0.3 is 6.18 Å². The van der Waals surface area contributed by atoms with Crippen molar-refractivity contribution in [2.75, 3.05) is 0 Å². The number of hydrogen-bond donors (Lipinski definition) is 1. The van der Waals surface area contributed by atoms with Gasteiger partial charge in [-0.25, -0.2) is 4.98 Å². The van der Waals surface area contributed by atoms with Crippen molar-refractivity contribution in [1.82, 2.24) is 19.2 Å². The minimum absolute atomic E-state index is 0.119. The fraction of sp³-hybridized carbons (Fsp3) is 0.357. The van der Waals surface area contributed by atoms with Crippen LogP contribution in [0, 0.1) is 6.92 Å². The lowest BCUT2D eigenvalue weighted by atomic mass is 10.2. The van der Waals surface area contributed by atoms with E-state index < -0.39 is 23.5 Å². The molecule has 0 aliphatic heterocycles. The van der Waals surface area contributed by atoms with E-state index in [1.807, 2.05) is 0 Å². The number of hydrogen-bond acceptors (Lipinski definition) is 5. The zero-order chi connectivity index (χ0) is 18.5. The highest BCUT2D eigenvalue weighted by molar-refractivity contribution is 7.17. The van der Waals surface area contributed by atoms with E-state index in [0.29, 0.717) is 26.3 Å². The lowest BCUT2D eigenvalue weighted by Gasteiger charge is -2.10. The standard InChI is InChI=1S/C14H12ClF3N4O2S/c1-6(23)12-7(2)25-13-19-8(3-11(24)22(12)13)5-21-9(14(16,17)18)4-10(15)20-21/h3-4,6,23H,5H2,1-2H3. The number of halogens is 4. The third-order valence-corrected chi connectivity index (χ3v) is 4.69. The van der Waals surface area contributed by atoms with E-state index in [4.69, 9.17) is 11.6 Å². The van der Waals surface area contributed by atoms with Crippen LogP contribution in [-0.2, 0) is 12.7 Å². The molecule has 0 amide bonds. The molecule has 25 heavy (non-hydrogen) atoms. The lowest BCUT2D eigenvalue weighted by molar-refractivity contribution is -0.144. The number of aliphatic hydroxyl groups is 1. The molecule has 134 valence electrons. The summed E-state index contributed by atoms with van der Waals surface area (Å²) < 4.78 is 41.0. The SMILES string of the molecule is Cc1sc2nc(Cn3nc(Cl)cc3C(F)(F)F)cc(=O)n2c1C(C)O. The van der Waals surface area contributed by atoms with E-state index in [9.17, 15) is 23.1 Å². The van der Waals surface area contributed by atoms with Crippen LogP contribution in [0.25, 0.3) is 4.96 Å². The molecule has 0 spiro atoms. The number of aliphatic hydroxyl groups excluding tert-OH is 1. The first-order chi connectivity index (χ1) is 11.6. The van der Waals surface area contributed by atoms with Gasteiger partial charge in [-0.1, -0.05) is 11.6 Å². The van der Waals surface area contributed by atoms with Crippen LogP contribution in [0.3, 0.4) is 0 Å². The molecule has 0 aromatic carbocycles. The van der Waals surface area contributed by atoms with Gasteiger partial charge in [-0.2, -0.15) is 18.3 Å². The maximum atomic E-state index is 13.0. The third-order valence-electron chi connectivity index (χ3n) is 3.54. The predicted molar refractivity (Wildman–Crippen MR) is 86.1 cm³/mol. The largest absolute Gasteiger partial charge is 0.433 e. The molecule has 6 nitrogen and oxygen atoms in total. The maximum Gasteiger partial charge on any atom is 0.433 e. The molecule has 1 N–H and O–H groups in total. The molecule has 3 heterocycles. The van der Waals surface area contributed by atoms with Crippen molar-refractivity contribution in [2.45, 2.75) is 32.7 Å². The van der Waals surface area contributed by atoms with Crippen molar-refractivity contribution in [1.29, 1.82) is 0 Å². The van der Waals surface area contributed by atoms with Crippen molar-refractivity contribution in [2.24, 2.45) is 0 Å². The van der Waals surface area contributed by atoms with Crippen molar-refractivity contribution in [3.63, 3.8) is 0 Å². The van der Waals surface area contributed by atoms with E-state index in [0.717, 1.165) is 6.07 Å². The minimum Gasteiger partial charge on any atom is -0.387 e. The molecule has 0 saturated heterocycles. The molecule has 1 atom stereocenters. The molecule has 3 aromatic rings. The van der Waals surface area contributed by atoms with Crippen molar-refractivity contribution >= 4 is 27.9 Å². The van der Waals surface area contributed by atoms with Crippen LogP contribution in [-0.4, -0.2) is 24.3 Å². The van der Waals surface area contributed by atoms with Crippen LogP contribution in [0.1, 0.15) is 35.0 Å². The zero-order valence-electron chi connectivity index (χ0n) is 13.0. The Labute approximate surface area is 148 Å². The molecule has 1 unspecified atom stereocenters. The van der Waals surface area contributed by atoms with E-state index >= 15 is 0 Å². The number of alkyl halides is 3. The van der Waals surface area contributed by atoms with Crippen LogP contribution < -0.4 is 5.56 Å². The van der Waals surface area contributed by atoms with Gasteiger partial charge in [-0.3, -0.25) is 13.9 Å². The Balaban J connectivity index is 2.09. The Hall–Kier alpha value is -1.91. The van der Waals surface area contributed by atoms with E-state index in [1.54, 1.807) is 6.92 Å². The molecule has 0 fully saturated rings. The Morgan fingerprint density at radius 3 is 2.68 bits per heavy atom. The van der Waals surface area contributed by atoms with E-state index in [-0.39, 0.29) is 17.4 Å². The maximum absolute atomic E-state index is 13.0. The molecule has 0 aliphatic rings. The molecular weight excluding hydrogens is 381 g/mol. The number of thiazole rings is 1. The molecule has 3 aromatic heterocycles. The van der Waals surface area contributed by atoms with Gasteiger partial charge in [-0.05, 0) is 13.8 Å². The predicted octanol–water partition coefficient (Wildman–Crippen LogP) is 3.03. The molecule has 0 radical (unpaired) electrons. The zero-order valence-corrected chi connectivity index (χ0v) is 14.6. The molecule has 0 bridgehead atoms. The smallest absolute Gasteiger partial charge is 0.387 e. The summed E-state index contributed by atoms with van der Waals surface area (Å²) in [5.41, 5.74) is -0.964. The summed E-state index contributed by atoms with van der Waals surface area (Å²) in [5, 5.41) is 13.1. The second-order valence-corrected chi connectivity index (χ2v) is 7.00. The summed E-state index contributed by atoms with van der Waals surface area (Å²) in [6.07, 6.45) is -5.50. The average molecular weight is 393 g/mol. The van der Waals surface area contributed by atoms with Gasteiger partial charge in [0.05, 0.1) is 24.0 Å². The second kappa shape index (κ2) is 6.11. The second-order valence-electron chi connectivity index (χ2n) is 5.43. The normalized spacial score (nSPS) is 13.6. The summed E-state index contributed by atoms with van der Waals surface area (Å²) >= 11 is 6.75. The Morgan fingerprint density at radius 1 is 1.40 bits per heavy atom. The van der Waals surface area contributed by atoms with Crippen LogP contribution in [0.2, 0.25) is 5.15 Å². The molecule has 0 saturated carbocycles. The van der Waals surface area contributed by atoms with Gasteiger partial charge in [0.15, 0.2) is 10.1 Å². The van der Waals surface area contributed by atoms with Crippen LogP contribution in [0.4, 0.5) is 13.2 Å². The molecule has 0 aliphatic carbocycles. The van der Waals surface area contributed by atoms with E-state index in [2.05, 4.69) is 10.1 Å². The van der Waals surface area contributed by atoms with Crippen LogP contribution in [0.15, 0.2) is 16.9 Å². The van der Waals surface area contributed by atoms with Crippen molar-refractivity contribution in [3.8, 4) is 0 Å². The topological polar surface area (TPSA) is 72.4 Å². The highest BCUT2D eigenvalue weighted by Gasteiger charge is 2.35. The summed E-state index contributed by atoms with van der Waals surface area (Å²) in [5.74, 6) is 0. The third kappa shape index (κ3) is 3.29. The molecular formula is C14H12ClF3N4O2S. The van der Waals surface area contributed by atoms with Gasteiger partial charge in [0.1, 0.15) is 5.69 Å². The van der Waals surface area contributed by atoms with Gasteiger partial charge < -0.3 is 5.11 Å². The van der Waals surface area contributed by atoms with Gasteiger partial charge in [-0.15, -0.1) is 11.3 Å². The van der Waals surface area contributed by atoms with E-state index in [1.165, 1.54) is 22.7 Å². The molecule has 3 rings (SSSR count). The number of rotatable bonds is 3. The quantitative estimate of drug-likeness (QED) is 0.743. The number of aryl methyl sites for hydroxylation is 1. The number of nitrogens with zero attached hydrogens (tertiary/aromatic N) is 4. The summed E-state index contributed by atoms with van der Waals surface area (Å²) in [7, 11) is 0. The Bertz CT molecular complexity index is 1010. The number of aromatic nitrogens is 4. The monoisotopic (exact) mass is 392 g/mol. The van der Waals surface area contributed by atoms with Gasteiger partial charge in [0.2, 0.25) is 0 Å². The molecule has 11 heteroatoms. The lowest BCUT2D eigenvalue weighted by Crippen LogP contribution is -2.20. The first-order valence-electron chi connectivity index (χ1n) is 7.08. The Kier molecular flexibility index (Phi) is 4.38. The van der Waals surface area contributed by atoms with Crippen molar-refractivity contribution in [3.05, 3.63) is 49.6 Å². The summed E-state index contributed by atoms with van der Waals surface area (Å²) in [4.78, 5) is 17.6. The van der Waals surface area contributed by atoms with Crippen LogP contribution in [0.5, 0.6) is 0 Å². The van der Waals surface area contributed by atoms with Gasteiger partial charge in [0.25, 0.3) is 5.56 Å². The fourth-order valence-corrected chi connectivity index (χ4v) is 3.87. The Morgan fingerprint density at radius 2 is 2.08 bits per heavy atom. The fourth-order valence-electron chi connectivity index (χ4n) is 2.59. The summed E-state index contributed by atoms with van der Waals surface area (Å²) in [6.45, 7) is 2.90. The van der Waals surface area contributed by atoms with Gasteiger partial charge in [0, 0.05) is 17.0 Å². The highest BCUT2D eigenvalue weighted by atomic mass is 35.5. The number of fused-ring (bicyclic) bond motifs is 1. The average Bonchev–Trinajstić information content (AvgIpc) is 2.98. The van der Waals surface area contributed by atoms with Crippen molar-refractivity contribution < 1.29 is 18.3 Å².